The van der Waals surface area contributed by atoms with Gasteiger partial charge in [-0.25, -0.2) is 0 Å². The van der Waals surface area contributed by atoms with E-state index in [1.807, 2.05) is 24.3 Å². The van der Waals surface area contributed by atoms with Crippen LogP contribution in [0.3, 0.4) is 0 Å². The highest BCUT2D eigenvalue weighted by Gasteiger charge is 2.22. The number of fused-ring (bicyclic) bond motifs is 7. The van der Waals surface area contributed by atoms with E-state index >= 15 is 0 Å². The Morgan fingerprint density at radius 1 is 0.710 bits per heavy atom. The van der Waals surface area contributed by atoms with Crippen molar-refractivity contribution in [3.8, 4) is 0 Å². The summed E-state index contributed by atoms with van der Waals surface area (Å²) in [6.07, 6.45) is 0. The third-order valence-electron chi connectivity index (χ3n) is 5.39. The SMILES string of the molecule is COS(=O)(=O)c1ccc2ccc3c(sc4cc(S(=O)(=O)OC)c5ccccc5c43)c2c1. The van der Waals surface area contributed by atoms with Gasteiger partial charge in [-0.15, -0.1) is 11.3 Å². The zero-order valence-electron chi connectivity index (χ0n) is 16.4. The standard InChI is InChI=1S/C22H16O6S3/c1-27-30(23,24)14-9-7-13-8-10-17-21-16-6-4-3-5-15(16)20(31(25,26)28-2)12-19(21)29-22(17)18(13)11-14/h3-12H,1-2H3. The minimum absolute atomic E-state index is 0.0694. The summed E-state index contributed by atoms with van der Waals surface area (Å²) in [6.45, 7) is 0. The zero-order chi connectivity index (χ0) is 22.0. The molecule has 6 nitrogen and oxygen atoms in total. The fraction of sp³-hybridized carbons (Fsp3) is 0.0909. The lowest BCUT2D eigenvalue weighted by atomic mass is 10.0. The lowest BCUT2D eigenvalue weighted by Crippen LogP contribution is -2.03. The lowest BCUT2D eigenvalue weighted by molar-refractivity contribution is 0.397. The summed E-state index contributed by atoms with van der Waals surface area (Å²) in [5.74, 6) is 0. The first kappa shape index (κ1) is 20.3. The fourth-order valence-electron chi connectivity index (χ4n) is 3.91. The molecule has 0 atom stereocenters. The summed E-state index contributed by atoms with van der Waals surface area (Å²) in [5, 5.41) is 4.86. The number of hydrogen-bond donors (Lipinski definition) is 0. The quantitative estimate of drug-likeness (QED) is 0.341. The summed E-state index contributed by atoms with van der Waals surface area (Å²) in [4.78, 5) is 0.177. The smallest absolute Gasteiger partial charge is 0.270 e. The average molecular weight is 473 g/mol. The van der Waals surface area contributed by atoms with Gasteiger partial charge in [0.15, 0.2) is 0 Å². The van der Waals surface area contributed by atoms with E-state index in [1.165, 1.54) is 17.4 Å². The molecule has 0 spiro atoms. The second kappa shape index (κ2) is 6.98. The van der Waals surface area contributed by atoms with Crippen LogP contribution in [0.25, 0.3) is 41.7 Å². The first-order valence-electron chi connectivity index (χ1n) is 9.19. The van der Waals surface area contributed by atoms with Crippen molar-refractivity contribution >= 4 is 73.3 Å². The van der Waals surface area contributed by atoms with E-state index in [1.54, 1.807) is 30.3 Å². The van der Waals surface area contributed by atoms with Gasteiger partial charge in [0.1, 0.15) is 4.90 Å². The first-order chi connectivity index (χ1) is 14.8. The predicted octanol–water partition coefficient (Wildman–Crippen LogP) is 5.03. The van der Waals surface area contributed by atoms with Gasteiger partial charge in [-0.2, -0.15) is 16.8 Å². The summed E-state index contributed by atoms with van der Waals surface area (Å²) in [6, 6.07) is 17.7. The van der Waals surface area contributed by atoms with E-state index in [0.29, 0.717) is 5.39 Å². The Bertz CT molecular complexity index is 1730. The van der Waals surface area contributed by atoms with Crippen molar-refractivity contribution in [1.29, 1.82) is 0 Å². The van der Waals surface area contributed by atoms with Gasteiger partial charge in [0.25, 0.3) is 20.2 Å². The first-order valence-corrected chi connectivity index (χ1v) is 12.8. The molecule has 4 aromatic carbocycles. The normalized spacial score (nSPS) is 13.0. The third kappa shape index (κ3) is 3.04. The Balaban J connectivity index is 1.97. The maximum absolute atomic E-state index is 12.6. The van der Waals surface area contributed by atoms with E-state index in [-0.39, 0.29) is 9.79 Å². The van der Waals surface area contributed by atoms with Gasteiger partial charge < -0.3 is 0 Å². The van der Waals surface area contributed by atoms with Crippen molar-refractivity contribution in [1.82, 2.24) is 0 Å². The molecular weight excluding hydrogens is 456 g/mol. The third-order valence-corrected chi connectivity index (χ3v) is 9.16. The maximum atomic E-state index is 12.6. The molecule has 0 amide bonds. The average Bonchev–Trinajstić information content (AvgIpc) is 3.17. The van der Waals surface area contributed by atoms with Crippen LogP contribution in [0, 0.1) is 0 Å². The van der Waals surface area contributed by atoms with Gasteiger partial charge in [0, 0.05) is 30.9 Å². The molecule has 0 unspecified atom stereocenters. The molecule has 9 heteroatoms. The molecule has 1 heterocycles. The van der Waals surface area contributed by atoms with Crippen LogP contribution in [0.4, 0.5) is 0 Å². The molecule has 158 valence electrons. The second-order valence-corrected chi connectivity index (χ2v) is 11.4. The molecule has 0 aliphatic rings. The van der Waals surface area contributed by atoms with Crippen molar-refractivity contribution in [2.45, 2.75) is 9.79 Å². The van der Waals surface area contributed by atoms with Crippen LogP contribution < -0.4 is 0 Å². The summed E-state index contributed by atoms with van der Waals surface area (Å²) < 4.78 is 60.7. The molecule has 0 bridgehead atoms. The molecule has 0 aliphatic heterocycles. The van der Waals surface area contributed by atoms with Crippen LogP contribution in [0.5, 0.6) is 0 Å². The van der Waals surface area contributed by atoms with Gasteiger partial charge in [-0.3, -0.25) is 8.37 Å². The highest BCUT2D eigenvalue weighted by Crippen LogP contribution is 2.44. The molecule has 0 N–H and O–H groups in total. The highest BCUT2D eigenvalue weighted by atomic mass is 32.2. The van der Waals surface area contributed by atoms with Gasteiger partial charge in [-0.1, -0.05) is 42.5 Å². The summed E-state index contributed by atoms with van der Waals surface area (Å²) in [7, 11) is -5.49. The molecule has 0 fully saturated rings. The second-order valence-electron chi connectivity index (χ2n) is 6.96. The minimum Gasteiger partial charge on any atom is -0.270 e. The van der Waals surface area contributed by atoms with E-state index in [4.69, 9.17) is 4.18 Å². The number of rotatable bonds is 4. The zero-order valence-corrected chi connectivity index (χ0v) is 18.9. The Hall–Kier alpha value is -2.56. The lowest BCUT2D eigenvalue weighted by Gasteiger charge is -2.08. The van der Waals surface area contributed by atoms with Crippen molar-refractivity contribution in [2.75, 3.05) is 14.2 Å². The topological polar surface area (TPSA) is 86.7 Å². The van der Waals surface area contributed by atoms with Crippen molar-refractivity contribution < 1.29 is 25.2 Å². The Morgan fingerprint density at radius 2 is 1.39 bits per heavy atom. The van der Waals surface area contributed by atoms with E-state index in [0.717, 1.165) is 50.6 Å². The molecule has 0 saturated carbocycles. The van der Waals surface area contributed by atoms with Crippen LogP contribution in [-0.4, -0.2) is 31.1 Å². The predicted molar refractivity (Wildman–Crippen MR) is 123 cm³/mol. The van der Waals surface area contributed by atoms with Gasteiger partial charge in [0.2, 0.25) is 0 Å². The Kier molecular flexibility index (Phi) is 4.58. The van der Waals surface area contributed by atoms with Crippen molar-refractivity contribution in [2.24, 2.45) is 0 Å². The highest BCUT2D eigenvalue weighted by molar-refractivity contribution is 7.87. The molecule has 31 heavy (non-hydrogen) atoms. The molecule has 0 aliphatic carbocycles. The Labute approximate surface area is 182 Å². The number of hydrogen-bond acceptors (Lipinski definition) is 7. The summed E-state index contributed by atoms with van der Waals surface area (Å²) in [5.41, 5.74) is 0. The van der Waals surface area contributed by atoms with E-state index in [2.05, 4.69) is 4.18 Å². The molecule has 0 radical (unpaired) electrons. The molecule has 5 rings (SSSR count). The number of thiophene rings is 1. The molecular formula is C22H16O6S3. The maximum Gasteiger partial charge on any atom is 0.297 e. The summed E-state index contributed by atoms with van der Waals surface area (Å²) >= 11 is 1.42. The fourth-order valence-corrected chi connectivity index (χ4v) is 6.85. The minimum atomic E-state index is -3.91. The molecule has 1 aromatic heterocycles. The van der Waals surface area contributed by atoms with Crippen LogP contribution >= 0.6 is 11.3 Å². The van der Waals surface area contributed by atoms with Gasteiger partial charge in [0.05, 0.1) is 19.1 Å². The Morgan fingerprint density at radius 3 is 2.10 bits per heavy atom. The van der Waals surface area contributed by atoms with Crippen LogP contribution in [-0.2, 0) is 28.6 Å². The van der Waals surface area contributed by atoms with Crippen LogP contribution in [0.15, 0.2) is 70.5 Å². The molecule has 0 saturated heterocycles. The van der Waals surface area contributed by atoms with E-state index < -0.39 is 20.2 Å². The van der Waals surface area contributed by atoms with Crippen LogP contribution in [0.2, 0.25) is 0 Å². The van der Waals surface area contributed by atoms with Crippen LogP contribution in [0.1, 0.15) is 0 Å². The largest absolute Gasteiger partial charge is 0.297 e. The van der Waals surface area contributed by atoms with Gasteiger partial charge >= 0.3 is 0 Å². The van der Waals surface area contributed by atoms with Gasteiger partial charge in [-0.05, 0) is 29.0 Å². The molecule has 5 aromatic rings. The van der Waals surface area contributed by atoms with Crippen molar-refractivity contribution in [3.63, 3.8) is 0 Å². The van der Waals surface area contributed by atoms with E-state index in [9.17, 15) is 16.8 Å². The monoisotopic (exact) mass is 472 g/mol. The van der Waals surface area contributed by atoms with Crippen molar-refractivity contribution in [3.05, 3.63) is 60.7 Å². The number of benzene rings is 4.